The first-order valence-electron chi connectivity index (χ1n) is 9.04. The van der Waals surface area contributed by atoms with Gasteiger partial charge in [-0.15, -0.1) is 0 Å². The lowest BCUT2D eigenvalue weighted by Crippen LogP contribution is -2.43. The van der Waals surface area contributed by atoms with E-state index in [1.54, 1.807) is 18.2 Å². The zero-order chi connectivity index (χ0) is 21.0. The zero-order valence-electron chi connectivity index (χ0n) is 15.4. The van der Waals surface area contributed by atoms with Crippen molar-refractivity contribution >= 4 is 31.9 Å². The highest BCUT2D eigenvalue weighted by Gasteiger charge is 2.33. The molecular weight excluding hydrogens is 461 g/mol. The van der Waals surface area contributed by atoms with E-state index in [1.807, 2.05) is 6.07 Å². The molecule has 1 aliphatic rings. The van der Waals surface area contributed by atoms with Gasteiger partial charge in [-0.2, -0.15) is 9.57 Å². The van der Waals surface area contributed by atoms with Crippen LogP contribution in [0.1, 0.15) is 24.0 Å². The van der Waals surface area contributed by atoms with Crippen LogP contribution in [0.3, 0.4) is 0 Å². The van der Waals surface area contributed by atoms with E-state index >= 15 is 0 Å². The van der Waals surface area contributed by atoms with Crippen LogP contribution >= 0.6 is 15.9 Å². The van der Waals surface area contributed by atoms with E-state index in [9.17, 15) is 22.9 Å². The average Bonchev–Trinajstić information content (AvgIpc) is 2.74. The normalized spacial score (nSPS) is 15.6. The number of carbonyl (C=O) groups is 1. The summed E-state index contributed by atoms with van der Waals surface area (Å²) < 4.78 is 41.1. The molecule has 1 N–H and O–H groups in total. The molecule has 1 fully saturated rings. The Morgan fingerprint density at radius 1 is 1.24 bits per heavy atom. The Kier molecular flexibility index (Phi) is 6.67. The van der Waals surface area contributed by atoms with Gasteiger partial charge >= 0.3 is 0 Å². The van der Waals surface area contributed by atoms with Gasteiger partial charge in [-0.05, 0) is 48.7 Å². The molecule has 152 valence electrons. The Bertz CT molecular complexity index is 1060. The third kappa shape index (κ3) is 4.83. The number of nitrogens with zero attached hydrogens (tertiary/aromatic N) is 2. The maximum Gasteiger partial charge on any atom is 0.244 e. The Morgan fingerprint density at radius 3 is 2.62 bits per heavy atom. The molecule has 1 amide bonds. The third-order valence-corrected chi connectivity index (χ3v) is 7.64. The van der Waals surface area contributed by atoms with Crippen LogP contribution in [0.25, 0.3) is 0 Å². The number of rotatable bonds is 5. The molecule has 0 saturated carbocycles. The van der Waals surface area contributed by atoms with Crippen LogP contribution in [0.4, 0.5) is 4.39 Å². The van der Waals surface area contributed by atoms with Gasteiger partial charge in [0.05, 0.1) is 10.5 Å². The molecule has 0 bridgehead atoms. The van der Waals surface area contributed by atoms with Crippen LogP contribution in [0.5, 0.6) is 0 Å². The van der Waals surface area contributed by atoms with Crippen LogP contribution < -0.4 is 5.32 Å². The minimum absolute atomic E-state index is 0.0126. The highest BCUT2D eigenvalue weighted by Crippen LogP contribution is 2.26. The number of amides is 1. The van der Waals surface area contributed by atoms with E-state index in [1.165, 1.54) is 28.6 Å². The van der Waals surface area contributed by atoms with Crippen molar-refractivity contribution in [2.45, 2.75) is 24.3 Å². The molecule has 3 rings (SSSR count). The zero-order valence-corrected chi connectivity index (χ0v) is 17.8. The van der Waals surface area contributed by atoms with Crippen LogP contribution in [0.2, 0.25) is 0 Å². The molecule has 9 heteroatoms. The van der Waals surface area contributed by atoms with Gasteiger partial charge in [-0.1, -0.05) is 28.1 Å². The smallest absolute Gasteiger partial charge is 0.244 e. The van der Waals surface area contributed by atoms with E-state index in [4.69, 9.17) is 0 Å². The number of nitriles is 1. The summed E-state index contributed by atoms with van der Waals surface area (Å²) in [6.45, 7) is 0.582. The molecule has 0 spiro atoms. The predicted octanol–water partition coefficient (Wildman–Crippen LogP) is 3.18. The van der Waals surface area contributed by atoms with E-state index in [0.29, 0.717) is 22.9 Å². The first-order chi connectivity index (χ1) is 13.8. The Labute approximate surface area is 177 Å². The fourth-order valence-electron chi connectivity index (χ4n) is 3.29. The molecule has 0 atom stereocenters. The van der Waals surface area contributed by atoms with Crippen molar-refractivity contribution in [1.29, 1.82) is 5.26 Å². The van der Waals surface area contributed by atoms with Crippen molar-refractivity contribution in [3.8, 4) is 6.07 Å². The SMILES string of the molecule is N#Cc1ccccc1S(=O)(=O)N1CCC(C(=O)NCc2cc(F)ccc2Br)CC1. The molecule has 0 aromatic heterocycles. The Balaban J connectivity index is 1.60. The van der Waals surface area contributed by atoms with E-state index in [-0.39, 0.29) is 47.7 Å². The molecule has 6 nitrogen and oxygen atoms in total. The van der Waals surface area contributed by atoms with E-state index < -0.39 is 10.0 Å². The molecule has 2 aromatic carbocycles. The first kappa shape index (κ1) is 21.4. The summed E-state index contributed by atoms with van der Waals surface area (Å²) in [4.78, 5) is 12.5. The predicted molar refractivity (Wildman–Crippen MR) is 109 cm³/mol. The first-order valence-corrected chi connectivity index (χ1v) is 11.3. The van der Waals surface area contributed by atoms with Crippen LogP contribution in [-0.2, 0) is 21.4 Å². The van der Waals surface area contributed by atoms with Gasteiger partial charge in [0.2, 0.25) is 15.9 Å². The van der Waals surface area contributed by atoms with Gasteiger partial charge in [-0.25, -0.2) is 12.8 Å². The lowest BCUT2D eigenvalue weighted by atomic mass is 9.97. The number of hydrogen-bond acceptors (Lipinski definition) is 4. The maximum atomic E-state index is 13.4. The summed E-state index contributed by atoms with van der Waals surface area (Å²) >= 11 is 3.33. The quantitative estimate of drug-likeness (QED) is 0.712. The molecule has 1 heterocycles. The second kappa shape index (κ2) is 9.03. The van der Waals surface area contributed by atoms with Crippen molar-refractivity contribution < 1.29 is 17.6 Å². The van der Waals surface area contributed by atoms with Crippen LogP contribution in [0.15, 0.2) is 51.8 Å². The highest BCUT2D eigenvalue weighted by atomic mass is 79.9. The van der Waals surface area contributed by atoms with Gasteiger partial charge < -0.3 is 5.32 Å². The molecule has 29 heavy (non-hydrogen) atoms. The summed E-state index contributed by atoms with van der Waals surface area (Å²) in [5.74, 6) is -0.885. The number of benzene rings is 2. The third-order valence-electron chi connectivity index (χ3n) is 4.91. The Morgan fingerprint density at radius 2 is 1.93 bits per heavy atom. The monoisotopic (exact) mass is 479 g/mol. The number of sulfonamides is 1. The number of carbonyl (C=O) groups excluding carboxylic acids is 1. The molecule has 0 aliphatic carbocycles. The summed E-state index contributed by atoms with van der Waals surface area (Å²) in [6.07, 6.45) is 0.758. The van der Waals surface area contributed by atoms with Crippen molar-refractivity contribution in [2.24, 2.45) is 5.92 Å². The molecule has 1 saturated heterocycles. The number of halogens is 2. The van der Waals surface area contributed by atoms with Crippen molar-refractivity contribution in [1.82, 2.24) is 9.62 Å². The summed E-state index contributed by atoms with van der Waals surface area (Å²) in [5.41, 5.74) is 0.736. The number of piperidine rings is 1. The summed E-state index contributed by atoms with van der Waals surface area (Å²) in [7, 11) is -3.79. The van der Waals surface area contributed by atoms with Gasteiger partial charge in [0.1, 0.15) is 11.9 Å². The topological polar surface area (TPSA) is 90.3 Å². The van der Waals surface area contributed by atoms with Crippen LogP contribution in [-0.4, -0.2) is 31.7 Å². The standard InChI is InChI=1S/C20H19BrFN3O3S/c21-18-6-5-17(22)11-16(18)13-24-20(26)14-7-9-25(10-8-14)29(27,28)19-4-2-1-3-15(19)12-23/h1-6,11,14H,7-10,13H2,(H,24,26). The number of hydrogen-bond donors (Lipinski definition) is 1. The van der Waals surface area contributed by atoms with Gasteiger partial charge in [0.25, 0.3) is 0 Å². The van der Waals surface area contributed by atoms with E-state index in [2.05, 4.69) is 21.2 Å². The Hall–Kier alpha value is -2.28. The minimum atomic E-state index is -3.79. The van der Waals surface area contributed by atoms with Crippen LogP contribution in [0, 0.1) is 23.1 Å². The molecule has 2 aromatic rings. The van der Waals surface area contributed by atoms with E-state index in [0.717, 1.165) is 0 Å². The van der Waals surface area contributed by atoms with Crippen molar-refractivity contribution in [3.63, 3.8) is 0 Å². The second-order valence-electron chi connectivity index (χ2n) is 6.74. The molecule has 0 unspecified atom stereocenters. The molecular formula is C20H19BrFN3O3S. The summed E-state index contributed by atoms with van der Waals surface area (Å²) in [6, 6.07) is 12.3. The fraction of sp³-hybridized carbons (Fsp3) is 0.300. The second-order valence-corrected chi connectivity index (χ2v) is 9.50. The lowest BCUT2D eigenvalue weighted by Gasteiger charge is -2.30. The average molecular weight is 480 g/mol. The van der Waals surface area contributed by atoms with Gasteiger partial charge in [0, 0.05) is 30.0 Å². The highest BCUT2D eigenvalue weighted by molar-refractivity contribution is 9.10. The largest absolute Gasteiger partial charge is 0.352 e. The molecule has 1 aliphatic heterocycles. The van der Waals surface area contributed by atoms with Crippen molar-refractivity contribution in [2.75, 3.05) is 13.1 Å². The number of nitrogens with one attached hydrogen (secondary N) is 1. The minimum Gasteiger partial charge on any atom is -0.352 e. The maximum absolute atomic E-state index is 13.4. The fourth-order valence-corrected chi connectivity index (χ4v) is 5.29. The lowest BCUT2D eigenvalue weighted by molar-refractivity contribution is -0.126. The van der Waals surface area contributed by atoms with Crippen molar-refractivity contribution in [3.05, 3.63) is 63.9 Å². The van der Waals surface area contributed by atoms with Gasteiger partial charge in [0.15, 0.2) is 0 Å². The molecule has 0 radical (unpaired) electrons. The van der Waals surface area contributed by atoms with Gasteiger partial charge in [-0.3, -0.25) is 4.79 Å². The summed E-state index contributed by atoms with van der Waals surface area (Å²) in [5, 5.41) is 12.0.